The summed E-state index contributed by atoms with van der Waals surface area (Å²) in [4.78, 5) is 13.2. The number of carbonyl (C=O) groups excluding carboxylic acids is 1. The molecule has 0 saturated carbocycles. The number of nitrogens with zero attached hydrogens (tertiary/aromatic N) is 1. The molecule has 2 fully saturated rings. The van der Waals surface area contributed by atoms with Gasteiger partial charge in [0.2, 0.25) is 0 Å². The van der Waals surface area contributed by atoms with Crippen LogP contribution in [0.1, 0.15) is 32.6 Å². The van der Waals surface area contributed by atoms with Crippen molar-refractivity contribution >= 4 is 6.03 Å². The Bertz CT molecular complexity index is 390. The SMILES string of the molecule is C[C@]1(CNC(=O)NCC2CCN(CC(F)(F)F)CC2)CCCO1. The second kappa shape index (κ2) is 7.70. The van der Waals surface area contributed by atoms with Gasteiger partial charge in [-0.3, -0.25) is 4.90 Å². The Kier molecular flexibility index (Phi) is 6.13. The number of piperidine rings is 1. The van der Waals surface area contributed by atoms with E-state index >= 15 is 0 Å². The van der Waals surface area contributed by atoms with E-state index in [1.54, 1.807) is 0 Å². The zero-order valence-electron chi connectivity index (χ0n) is 13.5. The molecule has 0 aromatic rings. The standard InChI is InChI=1S/C15H26F3N3O2/c1-14(5-2-8-23-14)10-20-13(22)19-9-12-3-6-21(7-4-12)11-15(16,17)18/h12H,2-11H2,1H3,(H2,19,20,22)/t14-/m1/s1. The fraction of sp³-hybridized carbons (Fsp3) is 0.933. The van der Waals surface area contributed by atoms with Crippen LogP contribution >= 0.6 is 0 Å². The molecule has 2 aliphatic rings. The molecule has 0 spiro atoms. The summed E-state index contributed by atoms with van der Waals surface area (Å²) in [6.45, 7) is 3.71. The molecular formula is C15H26F3N3O2. The summed E-state index contributed by atoms with van der Waals surface area (Å²) in [5, 5.41) is 5.62. The maximum atomic E-state index is 12.3. The summed E-state index contributed by atoms with van der Waals surface area (Å²) >= 11 is 0. The Morgan fingerprint density at radius 1 is 1.30 bits per heavy atom. The van der Waals surface area contributed by atoms with Crippen LogP contribution in [0.3, 0.4) is 0 Å². The van der Waals surface area contributed by atoms with Crippen LogP contribution in [0.15, 0.2) is 0 Å². The van der Waals surface area contributed by atoms with Gasteiger partial charge in [0, 0.05) is 19.7 Å². The number of alkyl halides is 3. The van der Waals surface area contributed by atoms with E-state index in [2.05, 4.69) is 10.6 Å². The molecule has 0 bridgehead atoms. The topological polar surface area (TPSA) is 53.6 Å². The minimum atomic E-state index is -4.14. The smallest absolute Gasteiger partial charge is 0.373 e. The van der Waals surface area contributed by atoms with Crippen LogP contribution in [0.25, 0.3) is 0 Å². The maximum Gasteiger partial charge on any atom is 0.401 e. The Labute approximate surface area is 134 Å². The second-order valence-corrected chi connectivity index (χ2v) is 6.80. The van der Waals surface area contributed by atoms with Gasteiger partial charge in [-0.2, -0.15) is 13.2 Å². The molecule has 0 radical (unpaired) electrons. The third-order valence-electron chi connectivity index (χ3n) is 4.58. The molecule has 23 heavy (non-hydrogen) atoms. The van der Waals surface area contributed by atoms with Gasteiger partial charge >= 0.3 is 12.2 Å². The largest absolute Gasteiger partial charge is 0.401 e. The van der Waals surface area contributed by atoms with Gasteiger partial charge in [-0.1, -0.05) is 0 Å². The number of rotatable bonds is 5. The van der Waals surface area contributed by atoms with Crippen molar-refractivity contribution in [2.45, 2.75) is 44.4 Å². The molecule has 5 nitrogen and oxygen atoms in total. The Hall–Kier alpha value is -1.02. The molecule has 0 unspecified atom stereocenters. The van der Waals surface area contributed by atoms with Crippen LogP contribution in [-0.4, -0.2) is 62.0 Å². The number of hydrogen-bond donors (Lipinski definition) is 2. The first-order valence-corrected chi connectivity index (χ1v) is 8.21. The lowest BCUT2D eigenvalue weighted by atomic mass is 9.97. The molecule has 2 N–H and O–H groups in total. The van der Waals surface area contributed by atoms with Gasteiger partial charge < -0.3 is 15.4 Å². The van der Waals surface area contributed by atoms with Gasteiger partial charge in [-0.15, -0.1) is 0 Å². The van der Waals surface area contributed by atoms with E-state index in [-0.39, 0.29) is 17.6 Å². The van der Waals surface area contributed by atoms with E-state index in [0.29, 0.717) is 39.0 Å². The number of nitrogens with one attached hydrogen (secondary N) is 2. The summed E-state index contributed by atoms with van der Waals surface area (Å²) in [6, 6.07) is -0.237. The first-order valence-electron chi connectivity index (χ1n) is 8.21. The van der Waals surface area contributed by atoms with Crippen molar-refractivity contribution in [2.75, 3.05) is 39.3 Å². The van der Waals surface area contributed by atoms with E-state index in [4.69, 9.17) is 4.74 Å². The number of amides is 2. The summed E-state index contributed by atoms with van der Waals surface area (Å²) < 4.78 is 42.6. The van der Waals surface area contributed by atoms with E-state index in [1.165, 1.54) is 4.90 Å². The highest BCUT2D eigenvalue weighted by atomic mass is 19.4. The lowest BCUT2D eigenvalue weighted by molar-refractivity contribution is -0.148. The first kappa shape index (κ1) is 18.3. The third-order valence-corrected chi connectivity index (χ3v) is 4.58. The van der Waals surface area contributed by atoms with Crippen molar-refractivity contribution in [1.82, 2.24) is 15.5 Å². The monoisotopic (exact) mass is 337 g/mol. The van der Waals surface area contributed by atoms with Crippen molar-refractivity contribution in [3.8, 4) is 0 Å². The van der Waals surface area contributed by atoms with E-state index in [1.807, 2.05) is 6.92 Å². The highest BCUT2D eigenvalue weighted by molar-refractivity contribution is 5.73. The predicted octanol–water partition coefficient (Wildman–Crippen LogP) is 2.13. The fourth-order valence-electron chi connectivity index (χ4n) is 3.15. The van der Waals surface area contributed by atoms with Crippen molar-refractivity contribution in [3.05, 3.63) is 0 Å². The molecule has 2 heterocycles. The quantitative estimate of drug-likeness (QED) is 0.808. The zero-order chi connectivity index (χ0) is 16.9. The number of urea groups is 1. The molecular weight excluding hydrogens is 311 g/mol. The summed E-state index contributed by atoms with van der Waals surface area (Å²) in [5.74, 6) is 0.239. The van der Waals surface area contributed by atoms with Crippen LogP contribution in [0.2, 0.25) is 0 Å². The lowest BCUT2D eigenvalue weighted by Gasteiger charge is -2.32. The Morgan fingerprint density at radius 2 is 2.00 bits per heavy atom. The molecule has 0 aliphatic carbocycles. The molecule has 134 valence electrons. The van der Waals surface area contributed by atoms with Crippen LogP contribution in [0, 0.1) is 5.92 Å². The summed E-state index contributed by atoms with van der Waals surface area (Å²) in [5.41, 5.74) is -0.278. The molecule has 2 amide bonds. The Morgan fingerprint density at radius 3 is 2.57 bits per heavy atom. The fourth-order valence-corrected chi connectivity index (χ4v) is 3.15. The van der Waals surface area contributed by atoms with Crippen molar-refractivity contribution in [2.24, 2.45) is 5.92 Å². The number of likely N-dealkylation sites (tertiary alicyclic amines) is 1. The second-order valence-electron chi connectivity index (χ2n) is 6.80. The normalized spacial score (nSPS) is 27.1. The van der Waals surface area contributed by atoms with Gasteiger partial charge in [0.05, 0.1) is 12.1 Å². The molecule has 2 rings (SSSR count). The van der Waals surface area contributed by atoms with Crippen molar-refractivity contribution in [3.63, 3.8) is 0 Å². The predicted molar refractivity (Wildman–Crippen MR) is 80.2 cm³/mol. The zero-order valence-corrected chi connectivity index (χ0v) is 13.5. The molecule has 1 atom stereocenters. The highest BCUT2D eigenvalue weighted by Gasteiger charge is 2.33. The average Bonchev–Trinajstić information content (AvgIpc) is 2.90. The first-order chi connectivity index (χ1) is 10.8. The van der Waals surface area contributed by atoms with Gasteiger partial charge in [-0.05, 0) is 51.6 Å². The van der Waals surface area contributed by atoms with Gasteiger partial charge in [0.15, 0.2) is 0 Å². The average molecular weight is 337 g/mol. The number of ether oxygens (including phenoxy) is 1. The highest BCUT2D eigenvalue weighted by Crippen LogP contribution is 2.24. The number of carbonyl (C=O) groups is 1. The van der Waals surface area contributed by atoms with Crippen LogP contribution in [0.4, 0.5) is 18.0 Å². The third kappa shape index (κ3) is 6.55. The van der Waals surface area contributed by atoms with Gasteiger partial charge in [0.1, 0.15) is 0 Å². The van der Waals surface area contributed by atoms with E-state index in [9.17, 15) is 18.0 Å². The van der Waals surface area contributed by atoms with Crippen molar-refractivity contribution in [1.29, 1.82) is 0 Å². The van der Waals surface area contributed by atoms with Crippen LogP contribution < -0.4 is 10.6 Å². The minimum absolute atomic E-state index is 0.237. The van der Waals surface area contributed by atoms with Gasteiger partial charge in [0.25, 0.3) is 0 Å². The molecule has 8 heteroatoms. The van der Waals surface area contributed by atoms with Gasteiger partial charge in [-0.25, -0.2) is 4.79 Å². The van der Waals surface area contributed by atoms with Crippen LogP contribution in [0.5, 0.6) is 0 Å². The molecule has 0 aromatic carbocycles. The molecule has 2 aliphatic heterocycles. The maximum absolute atomic E-state index is 12.3. The minimum Gasteiger partial charge on any atom is -0.373 e. The summed E-state index contributed by atoms with van der Waals surface area (Å²) in [6.07, 6.45) is -0.834. The number of halogens is 3. The molecule has 2 saturated heterocycles. The Balaban J connectivity index is 1.58. The molecule has 0 aromatic heterocycles. The van der Waals surface area contributed by atoms with E-state index < -0.39 is 12.7 Å². The summed E-state index contributed by atoms with van der Waals surface area (Å²) in [7, 11) is 0. The lowest BCUT2D eigenvalue weighted by Crippen LogP contribution is -2.47. The van der Waals surface area contributed by atoms with E-state index in [0.717, 1.165) is 19.4 Å². The van der Waals surface area contributed by atoms with Crippen molar-refractivity contribution < 1.29 is 22.7 Å². The van der Waals surface area contributed by atoms with Crippen LogP contribution in [-0.2, 0) is 4.74 Å². The number of hydrogen-bond acceptors (Lipinski definition) is 3.